The summed E-state index contributed by atoms with van der Waals surface area (Å²) in [5.74, 6) is 0.938. The van der Waals surface area contributed by atoms with E-state index in [0.29, 0.717) is 0 Å². The van der Waals surface area contributed by atoms with Gasteiger partial charge in [0.25, 0.3) is 0 Å². The molecule has 0 fully saturated rings. The lowest BCUT2D eigenvalue weighted by atomic mass is 10.0. The molecular weight excluding hydrogens is 216 g/mol. The highest BCUT2D eigenvalue weighted by molar-refractivity contribution is 7.99. The molecule has 0 saturated heterocycles. The number of hydrogen-bond acceptors (Lipinski definition) is 2. The third kappa shape index (κ3) is 3.75. The molecule has 0 atom stereocenters. The average molecular weight is 238 g/mol. The molecule has 0 aliphatic heterocycles. The molecule has 0 aliphatic carbocycles. The van der Waals surface area contributed by atoms with E-state index >= 15 is 0 Å². The van der Waals surface area contributed by atoms with Crippen LogP contribution >= 0.6 is 11.8 Å². The van der Waals surface area contributed by atoms with E-state index in [2.05, 4.69) is 65.1 Å². The standard InChI is InChI=1S/C14H22OS/c1-13(2,3)15-12-9-7-11(8-10-12)14(4,5)16-6/h7-10H,1-6H3. The van der Waals surface area contributed by atoms with Crippen LogP contribution in [-0.4, -0.2) is 11.9 Å². The van der Waals surface area contributed by atoms with E-state index in [1.165, 1.54) is 5.56 Å². The predicted molar refractivity (Wildman–Crippen MR) is 73.4 cm³/mol. The van der Waals surface area contributed by atoms with E-state index in [4.69, 9.17) is 4.74 Å². The van der Waals surface area contributed by atoms with Crippen LogP contribution in [0.15, 0.2) is 24.3 Å². The quantitative estimate of drug-likeness (QED) is 0.768. The molecule has 0 saturated carbocycles. The highest BCUT2D eigenvalue weighted by Crippen LogP contribution is 2.34. The highest BCUT2D eigenvalue weighted by Gasteiger charge is 2.19. The van der Waals surface area contributed by atoms with Crippen molar-refractivity contribution in [3.8, 4) is 5.75 Å². The van der Waals surface area contributed by atoms with Crippen LogP contribution in [0.4, 0.5) is 0 Å². The second kappa shape index (κ2) is 4.70. The Kier molecular flexibility index (Phi) is 3.95. The Labute approximate surface area is 104 Å². The zero-order chi connectivity index (χ0) is 12.4. The first-order valence-corrected chi connectivity index (χ1v) is 6.82. The van der Waals surface area contributed by atoms with Gasteiger partial charge in [-0.25, -0.2) is 0 Å². The fraction of sp³-hybridized carbons (Fsp3) is 0.571. The molecule has 90 valence electrons. The van der Waals surface area contributed by atoms with Gasteiger partial charge in [0, 0.05) is 4.75 Å². The van der Waals surface area contributed by atoms with Crippen LogP contribution in [0.2, 0.25) is 0 Å². The number of hydrogen-bond donors (Lipinski definition) is 0. The van der Waals surface area contributed by atoms with Gasteiger partial charge in [-0.3, -0.25) is 0 Å². The largest absolute Gasteiger partial charge is 0.488 e. The van der Waals surface area contributed by atoms with Crippen LogP contribution in [0.5, 0.6) is 5.75 Å². The lowest BCUT2D eigenvalue weighted by Crippen LogP contribution is -2.23. The fourth-order valence-corrected chi connectivity index (χ4v) is 1.77. The van der Waals surface area contributed by atoms with E-state index in [1.54, 1.807) is 0 Å². The fourth-order valence-electron chi connectivity index (χ4n) is 1.40. The van der Waals surface area contributed by atoms with Gasteiger partial charge < -0.3 is 4.74 Å². The zero-order valence-electron chi connectivity index (χ0n) is 11.1. The lowest BCUT2D eigenvalue weighted by molar-refractivity contribution is 0.131. The van der Waals surface area contributed by atoms with Crippen molar-refractivity contribution < 1.29 is 4.74 Å². The van der Waals surface area contributed by atoms with Gasteiger partial charge in [0.15, 0.2) is 0 Å². The normalized spacial score (nSPS) is 12.6. The van der Waals surface area contributed by atoms with Crippen molar-refractivity contribution in [3.63, 3.8) is 0 Å². The molecule has 0 amide bonds. The van der Waals surface area contributed by atoms with Gasteiger partial charge in [-0.05, 0) is 58.6 Å². The maximum Gasteiger partial charge on any atom is 0.120 e. The lowest BCUT2D eigenvalue weighted by Gasteiger charge is -2.24. The second-order valence-corrected chi connectivity index (χ2v) is 6.88. The van der Waals surface area contributed by atoms with Crippen molar-refractivity contribution in [2.24, 2.45) is 0 Å². The van der Waals surface area contributed by atoms with E-state index in [9.17, 15) is 0 Å². The molecule has 1 nitrogen and oxygen atoms in total. The molecule has 0 spiro atoms. The Balaban J connectivity index is 2.84. The van der Waals surface area contributed by atoms with Crippen molar-refractivity contribution in [3.05, 3.63) is 29.8 Å². The molecule has 2 heteroatoms. The maximum absolute atomic E-state index is 5.80. The van der Waals surface area contributed by atoms with Gasteiger partial charge in [0.1, 0.15) is 11.4 Å². The third-order valence-electron chi connectivity index (χ3n) is 2.48. The minimum atomic E-state index is -0.128. The van der Waals surface area contributed by atoms with Crippen LogP contribution in [0.25, 0.3) is 0 Å². The first-order valence-electron chi connectivity index (χ1n) is 5.59. The summed E-state index contributed by atoms with van der Waals surface area (Å²) in [5.41, 5.74) is 1.21. The SMILES string of the molecule is CSC(C)(C)c1ccc(OC(C)(C)C)cc1. The Morgan fingerprint density at radius 2 is 1.44 bits per heavy atom. The van der Waals surface area contributed by atoms with Crippen molar-refractivity contribution in [2.75, 3.05) is 6.26 Å². The summed E-state index contributed by atoms with van der Waals surface area (Å²) in [6.45, 7) is 10.7. The van der Waals surface area contributed by atoms with Crippen LogP contribution in [-0.2, 0) is 4.75 Å². The van der Waals surface area contributed by atoms with Crippen LogP contribution in [0.1, 0.15) is 40.2 Å². The van der Waals surface area contributed by atoms with Gasteiger partial charge in [0.05, 0.1) is 0 Å². The number of ether oxygens (including phenoxy) is 1. The Hall–Kier alpha value is -0.630. The first kappa shape index (κ1) is 13.4. The highest BCUT2D eigenvalue weighted by atomic mass is 32.2. The van der Waals surface area contributed by atoms with Crippen molar-refractivity contribution in [1.29, 1.82) is 0 Å². The molecule has 0 N–H and O–H groups in total. The van der Waals surface area contributed by atoms with Crippen LogP contribution < -0.4 is 4.74 Å². The smallest absolute Gasteiger partial charge is 0.120 e. The van der Waals surface area contributed by atoms with E-state index in [0.717, 1.165) is 5.75 Å². The van der Waals surface area contributed by atoms with Crippen molar-refractivity contribution >= 4 is 11.8 Å². The third-order valence-corrected chi connectivity index (χ3v) is 3.74. The number of rotatable bonds is 3. The first-order chi connectivity index (χ1) is 7.24. The summed E-state index contributed by atoms with van der Waals surface area (Å²) >= 11 is 1.86. The van der Waals surface area contributed by atoms with Crippen LogP contribution in [0, 0.1) is 0 Å². The summed E-state index contributed by atoms with van der Waals surface area (Å²) < 4.78 is 5.96. The van der Waals surface area contributed by atoms with E-state index in [-0.39, 0.29) is 10.3 Å². The number of thioether (sulfide) groups is 1. The summed E-state index contributed by atoms with van der Waals surface area (Å²) in [5, 5.41) is 0. The van der Waals surface area contributed by atoms with Gasteiger partial charge >= 0.3 is 0 Å². The molecule has 1 aromatic carbocycles. The molecule has 0 radical (unpaired) electrons. The predicted octanol–water partition coefficient (Wildman–Crippen LogP) is 4.46. The van der Waals surface area contributed by atoms with Crippen molar-refractivity contribution in [2.45, 2.75) is 45.0 Å². The molecule has 0 unspecified atom stereocenters. The van der Waals surface area contributed by atoms with Crippen LogP contribution in [0.3, 0.4) is 0 Å². The molecule has 16 heavy (non-hydrogen) atoms. The van der Waals surface area contributed by atoms with E-state index in [1.807, 2.05) is 11.8 Å². The van der Waals surface area contributed by atoms with Gasteiger partial charge in [-0.2, -0.15) is 11.8 Å². The molecule has 0 aromatic heterocycles. The Morgan fingerprint density at radius 3 is 1.81 bits per heavy atom. The van der Waals surface area contributed by atoms with Gasteiger partial charge in [0.2, 0.25) is 0 Å². The maximum atomic E-state index is 5.80. The Morgan fingerprint density at radius 1 is 0.938 bits per heavy atom. The summed E-state index contributed by atoms with van der Waals surface area (Å²) in [6, 6.07) is 8.41. The zero-order valence-corrected chi connectivity index (χ0v) is 11.9. The monoisotopic (exact) mass is 238 g/mol. The average Bonchev–Trinajstić information content (AvgIpc) is 2.16. The summed E-state index contributed by atoms with van der Waals surface area (Å²) in [4.78, 5) is 0. The summed E-state index contributed by atoms with van der Waals surface area (Å²) in [7, 11) is 0. The molecule has 0 heterocycles. The minimum Gasteiger partial charge on any atom is -0.488 e. The minimum absolute atomic E-state index is 0.128. The topological polar surface area (TPSA) is 9.23 Å². The molecule has 1 aromatic rings. The molecular formula is C14H22OS. The molecule has 0 bridgehead atoms. The second-order valence-electron chi connectivity index (χ2n) is 5.45. The van der Waals surface area contributed by atoms with Crippen molar-refractivity contribution in [1.82, 2.24) is 0 Å². The Bertz CT molecular complexity index is 333. The van der Waals surface area contributed by atoms with Gasteiger partial charge in [-0.1, -0.05) is 12.1 Å². The molecule has 0 aliphatic rings. The van der Waals surface area contributed by atoms with E-state index < -0.39 is 0 Å². The number of benzene rings is 1. The van der Waals surface area contributed by atoms with Gasteiger partial charge in [-0.15, -0.1) is 0 Å². The summed E-state index contributed by atoms with van der Waals surface area (Å²) in [6.07, 6.45) is 2.14. The molecule has 1 rings (SSSR count).